The van der Waals surface area contributed by atoms with Gasteiger partial charge in [-0.15, -0.1) is 0 Å². The van der Waals surface area contributed by atoms with Crippen molar-refractivity contribution in [3.05, 3.63) is 48.0 Å². The molecular weight excluding hydrogens is 250 g/mol. The quantitative estimate of drug-likeness (QED) is 0.867. The minimum atomic E-state index is -0.0730. The molecule has 2 atom stereocenters. The minimum absolute atomic E-state index is 0.0730. The van der Waals surface area contributed by atoms with E-state index >= 15 is 0 Å². The fourth-order valence-electron chi connectivity index (χ4n) is 2.83. The van der Waals surface area contributed by atoms with Crippen molar-refractivity contribution < 1.29 is 9.53 Å². The van der Waals surface area contributed by atoms with E-state index in [-0.39, 0.29) is 17.7 Å². The molecule has 1 N–H and O–H groups in total. The highest BCUT2D eigenvalue weighted by atomic mass is 16.5. The number of Topliss-reactive ketones (excluding diaryl/α,β-unsaturated/α-hetero) is 1. The topological polar surface area (TPSA) is 38.3 Å². The van der Waals surface area contributed by atoms with Crippen LogP contribution in [0.4, 0.5) is 0 Å². The predicted octanol–water partition coefficient (Wildman–Crippen LogP) is 2.65. The second kappa shape index (κ2) is 5.73. The molecule has 2 aromatic carbocycles. The van der Waals surface area contributed by atoms with E-state index in [4.69, 9.17) is 4.74 Å². The lowest BCUT2D eigenvalue weighted by atomic mass is 9.92. The molecule has 1 saturated heterocycles. The van der Waals surface area contributed by atoms with Gasteiger partial charge in [-0.25, -0.2) is 0 Å². The maximum absolute atomic E-state index is 12.7. The lowest BCUT2D eigenvalue weighted by molar-refractivity contribution is 0.0892. The Labute approximate surface area is 118 Å². The Kier molecular flexibility index (Phi) is 3.81. The zero-order valence-electron chi connectivity index (χ0n) is 11.6. The van der Waals surface area contributed by atoms with Crippen molar-refractivity contribution in [3.8, 4) is 0 Å². The van der Waals surface area contributed by atoms with Gasteiger partial charge in [-0.1, -0.05) is 43.3 Å². The normalized spacial score (nSPS) is 22.2. The largest absolute Gasteiger partial charge is 0.379 e. The van der Waals surface area contributed by atoms with Crippen molar-refractivity contribution >= 4 is 16.6 Å². The Hall–Kier alpha value is -1.71. The maximum Gasteiger partial charge on any atom is 0.169 e. The highest BCUT2D eigenvalue weighted by molar-refractivity contribution is 6.01. The van der Waals surface area contributed by atoms with E-state index in [0.29, 0.717) is 13.2 Å². The number of nitrogens with one attached hydrogen (secondary N) is 1. The van der Waals surface area contributed by atoms with Gasteiger partial charge in [-0.05, 0) is 23.4 Å². The van der Waals surface area contributed by atoms with Gasteiger partial charge in [0.05, 0.1) is 19.1 Å². The van der Waals surface area contributed by atoms with Crippen LogP contribution in [0, 0.1) is 5.92 Å². The van der Waals surface area contributed by atoms with Crippen LogP contribution < -0.4 is 5.32 Å². The SMILES string of the molecule is CCNC1COCC1C(=O)c1ccc2ccccc2c1. The fraction of sp³-hybridized carbons (Fsp3) is 0.353. The number of fused-ring (bicyclic) bond motifs is 1. The molecule has 1 aliphatic heterocycles. The van der Waals surface area contributed by atoms with E-state index in [9.17, 15) is 4.79 Å². The zero-order chi connectivity index (χ0) is 13.9. The number of carbonyl (C=O) groups excluding carboxylic acids is 1. The molecule has 104 valence electrons. The van der Waals surface area contributed by atoms with E-state index in [2.05, 4.69) is 18.3 Å². The van der Waals surface area contributed by atoms with Gasteiger partial charge >= 0.3 is 0 Å². The molecule has 0 spiro atoms. The summed E-state index contributed by atoms with van der Waals surface area (Å²) in [6.07, 6.45) is 0. The van der Waals surface area contributed by atoms with Gasteiger partial charge in [0, 0.05) is 11.6 Å². The minimum Gasteiger partial charge on any atom is -0.379 e. The molecule has 20 heavy (non-hydrogen) atoms. The molecule has 3 heteroatoms. The van der Waals surface area contributed by atoms with Crippen LogP contribution in [-0.2, 0) is 4.74 Å². The lowest BCUT2D eigenvalue weighted by Gasteiger charge is -2.17. The molecule has 2 unspecified atom stereocenters. The second-order valence-electron chi connectivity index (χ2n) is 5.23. The molecule has 0 amide bonds. The Morgan fingerprint density at radius 3 is 2.80 bits per heavy atom. The summed E-state index contributed by atoms with van der Waals surface area (Å²) in [5.74, 6) is 0.107. The second-order valence-corrected chi connectivity index (χ2v) is 5.23. The Balaban J connectivity index is 1.88. The highest BCUT2D eigenvalue weighted by Gasteiger charge is 2.33. The number of ether oxygens (including phenoxy) is 1. The van der Waals surface area contributed by atoms with Crippen molar-refractivity contribution in [2.45, 2.75) is 13.0 Å². The highest BCUT2D eigenvalue weighted by Crippen LogP contribution is 2.22. The summed E-state index contributed by atoms with van der Waals surface area (Å²) in [5.41, 5.74) is 0.780. The zero-order valence-corrected chi connectivity index (χ0v) is 11.6. The first-order valence-electron chi connectivity index (χ1n) is 7.13. The Morgan fingerprint density at radius 1 is 1.20 bits per heavy atom. The van der Waals surface area contributed by atoms with Crippen molar-refractivity contribution in [1.29, 1.82) is 0 Å². The van der Waals surface area contributed by atoms with Crippen LogP contribution in [0.25, 0.3) is 10.8 Å². The smallest absolute Gasteiger partial charge is 0.169 e. The fourth-order valence-corrected chi connectivity index (χ4v) is 2.83. The average molecular weight is 269 g/mol. The third-order valence-electron chi connectivity index (χ3n) is 3.92. The summed E-state index contributed by atoms with van der Waals surface area (Å²) >= 11 is 0. The lowest BCUT2D eigenvalue weighted by Crippen LogP contribution is -2.39. The average Bonchev–Trinajstić information content (AvgIpc) is 2.94. The molecule has 0 saturated carbocycles. The van der Waals surface area contributed by atoms with Gasteiger partial charge in [-0.2, -0.15) is 0 Å². The number of hydrogen-bond donors (Lipinski definition) is 1. The molecule has 0 radical (unpaired) electrons. The van der Waals surface area contributed by atoms with Crippen molar-refractivity contribution in [1.82, 2.24) is 5.32 Å². The number of hydrogen-bond acceptors (Lipinski definition) is 3. The number of ketones is 1. The van der Waals surface area contributed by atoms with Crippen LogP contribution >= 0.6 is 0 Å². The van der Waals surface area contributed by atoms with Crippen LogP contribution in [-0.4, -0.2) is 31.6 Å². The van der Waals surface area contributed by atoms with Crippen LogP contribution in [0.5, 0.6) is 0 Å². The first kappa shape index (κ1) is 13.3. The maximum atomic E-state index is 12.7. The monoisotopic (exact) mass is 269 g/mol. The Bertz CT molecular complexity index is 623. The van der Waals surface area contributed by atoms with Crippen LogP contribution in [0.1, 0.15) is 17.3 Å². The van der Waals surface area contributed by atoms with Crippen molar-refractivity contribution in [2.24, 2.45) is 5.92 Å². The van der Waals surface area contributed by atoms with Crippen molar-refractivity contribution in [3.63, 3.8) is 0 Å². The first-order valence-corrected chi connectivity index (χ1v) is 7.13. The molecule has 3 nitrogen and oxygen atoms in total. The van der Waals surface area contributed by atoms with E-state index in [0.717, 1.165) is 22.9 Å². The molecular formula is C17H19NO2. The third-order valence-corrected chi connectivity index (χ3v) is 3.92. The van der Waals surface area contributed by atoms with Crippen LogP contribution in [0.15, 0.2) is 42.5 Å². The van der Waals surface area contributed by atoms with Gasteiger partial charge in [-0.3, -0.25) is 4.79 Å². The third kappa shape index (κ3) is 2.47. The number of rotatable bonds is 4. The summed E-state index contributed by atoms with van der Waals surface area (Å²) in [7, 11) is 0. The van der Waals surface area contributed by atoms with Crippen LogP contribution in [0.3, 0.4) is 0 Å². The summed E-state index contributed by atoms with van der Waals surface area (Å²) < 4.78 is 5.47. The summed E-state index contributed by atoms with van der Waals surface area (Å²) in [6.45, 7) is 4.05. The Morgan fingerprint density at radius 2 is 2.00 bits per heavy atom. The molecule has 2 aromatic rings. The van der Waals surface area contributed by atoms with Crippen molar-refractivity contribution in [2.75, 3.05) is 19.8 Å². The summed E-state index contributed by atoms with van der Waals surface area (Å²) in [4.78, 5) is 12.7. The molecule has 0 aromatic heterocycles. The number of likely N-dealkylation sites (N-methyl/N-ethyl adjacent to an activating group) is 1. The summed E-state index contributed by atoms with van der Waals surface area (Å²) in [5, 5.41) is 5.61. The predicted molar refractivity (Wildman–Crippen MR) is 80.1 cm³/mol. The molecule has 3 rings (SSSR count). The van der Waals surface area contributed by atoms with Gasteiger partial charge in [0.25, 0.3) is 0 Å². The van der Waals surface area contributed by atoms with E-state index in [1.807, 2.05) is 36.4 Å². The molecule has 0 aliphatic carbocycles. The molecule has 1 heterocycles. The number of carbonyl (C=O) groups is 1. The number of benzene rings is 2. The molecule has 1 fully saturated rings. The van der Waals surface area contributed by atoms with E-state index in [1.54, 1.807) is 0 Å². The van der Waals surface area contributed by atoms with Gasteiger partial charge in [0.1, 0.15) is 0 Å². The summed E-state index contributed by atoms with van der Waals surface area (Å²) in [6, 6.07) is 14.2. The van der Waals surface area contributed by atoms with E-state index in [1.165, 1.54) is 0 Å². The standard InChI is InChI=1S/C17H19NO2/c1-2-18-16-11-20-10-15(16)17(19)14-8-7-12-5-3-4-6-13(12)9-14/h3-9,15-16,18H,2,10-11H2,1H3. The molecule has 1 aliphatic rings. The van der Waals surface area contributed by atoms with Gasteiger partial charge in [0.2, 0.25) is 0 Å². The van der Waals surface area contributed by atoms with Gasteiger partial charge in [0.15, 0.2) is 5.78 Å². The molecule has 0 bridgehead atoms. The van der Waals surface area contributed by atoms with Crippen LogP contribution in [0.2, 0.25) is 0 Å². The van der Waals surface area contributed by atoms with E-state index < -0.39 is 0 Å². The first-order chi connectivity index (χ1) is 9.79. The van der Waals surface area contributed by atoms with Gasteiger partial charge < -0.3 is 10.1 Å².